The van der Waals surface area contributed by atoms with Crippen molar-refractivity contribution in [3.63, 3.8) is 0 Å². The Morgan fingerprint density at radius 1 is 0.339 bits per heavy atom. The third kappa shape index (κ3) is 4.64. The quantitative estimate of drug-likeness (QED) is 0.182. The zero-order valence-corrected chi connectivity index (χ0v) is 30.4. The van der Waals surface area contributed by atoms with Crippen molar-refractivity contribution in [2.75, 3.05) is 0 Å². The predicted octanol–water partition coefficient (Wildman–Crippen LogP) is 13.6. The molecule has 0 fully saturated rings. The van der Waals surface area contributed by atoms with Crippen molar-refractivity contribution in [3.05, 3.63) is 199 Å². The highest BCUT2D eigenvalue weighted by atomic mass is 14.9. The van der Waals surface area contributed by atoms with Gasteiger partial charge in [0.25, 0.3) is 0 Å². The van der Waals surface area contributed by atoms with E-state index in [0.717, 1.165) is 40.1 Å². The van der Waals surface area contributed by atoms with Crippen LogP contribution in [0.2, 0.25) is 0 Å². The molecule has 0 saturated carbocycles. The van der Waals surface area contributed by atoms with E-state index in [1.165, 1.54) is 76.3 Å². The number of hydrogen-bond donors (Lipinski definition) is 0. The lowest BCUT2D eigenvalue weighted by molar-refractivity contribution is 1.18. The highest BCUT2D eigenvalue weighted by molar-refractivity contribution is 6.27. The van der Waals surface area contributed by atoms with E-state index in [0.29, 0.717) is 5.82 Å². The fraction of sp³-hybridized carbons (Fsp3) is 0.0189. The fourth-order valence-electron chi connectivity index (χ4n) is 9.28. The Morgan fingerprint density at radius 2 is 0.857 bits per heavy atom. The molecule has 0 saturated heterocycles. The van der Waals surface area contributed by atoms with Crippen LogP contribution in [0.5, 0.6) is 0 Å². The van der Waals surface area contributed by atoms with E-state index in [4.69, 9.17) is 9.97 Å². The summed E-state index contributed by atoms with van der Waals surface area (Å²) in [5.74, 6) is 0.708. The maximum atomic E-state index is 5.25. The van der Waals surface area contributed by atoms with Gasteiger partial charge in [-0.05, 0) is 80.6 Å². The van der Waals surface area contributed by atoms with E-state index < -0.39 is 0 Å². The first kappa shape index (κ1) is 31.0. The maximum Gasteiger partial charge on any atom is 0.160 e. The summed E-state index contributed by atoms with van der Waals surface area (Å²) in [5, 5.41) is 10.3. The van der Waals surface area contributed by atoms with Crippen molar-refractivity contribution in [1.82, 2.24) is 14.4 Å². The minimum Gasteiger partial charge on any atom is -0.308 e. The molecule has 3 nitrogen and oxygen atoms in total. The number of fused-ring (bicyclic) bond motifs is 7. The zero-order chi connectivity index (χ0) is 36.7. The standard InChI is InChI=1S/C53H33N3/c1-3-13-33(14-4-1)35-17-9-18-36(29-35)46-32-47(55-53(54-46)34-15-5-2-6-16-34)37-27-28-49-45(31-37)44-25-12-24-43-42-23-11-20-39-30-38-19-10-22-41(50(38)51(39)42)40-21-7-8-26-48(40)56(49)52(43)44/h1-29,31-32H,30H2. The lowest BCUT2D eigenvalue weighted by Gasteiger charge is -2.11. The molecule has 1 aliphatic carbocycles. The van der Waals surface area contributed by atoms with Gasteiger partial charge in [-0.3, -0.25) is 0 Å². The molecule has 0 bridgehead atoms. The highest BCUT2D eigenvalue weighted by Gasteiger charge is 2.21. The van der Waals surface area contributed by atoms with Gasteiger partial charge < -0.3 is 4.40 Å². The van der Waals surface area contributed by atoms with E-state index in [1.807, 2.05) is 18.2 Å². The normalized spacial score (nSPS) is 12.2. The van der Waals surface area contributed by atoms with E-state index in [2.05, 4.69) is 174 Å². The average Bonchev–Trinajstić information content (AvgIpc) is 3.83. The Hall–Kier alpha value is -7.36. The second kappa shape index (κ2) is 12.1. The molecule has 56 heavy (non-hydrogen) atoms. The monoisotopic (exact) mass is 711 g/mol. The van der Waals surface area contributed by atoms with Crippen molar-refractivity contribution >= 4 is 59.6 Å². The van der Waals surface area contributed by atoms with Crippen LogP contribution in [0, 0.1) is 0 Å². The fourth-order valence-corrected chi connectivity index (χ4v) is 9.28. The van der Waals surface area contributed by atoms with Gasteiger partial charge in [0, 0.05) is 38.2 Å². The van der Waals surface area contributed by atoms with Gasteiger partial charge in [-0.25, -0.2) is 9.97 Å². The molecule has 3 heteroatoms. The van der Waals surface area contributed by atoms with Gasteiger partial charge in [0.15, 0.2) is 5.82 Å². The molecular weight excluding hydrogens is 679 g/mol. The summed E-state index contributed by atoms with van der Waals surface area (Å²) in [6, 6.07) is 68.0. The molecular formula is C53H33N3. The van der Waals surface area contributed by atoms with Crippen LogP contribution in [0.4, 0.5) is 0 Å². The van der Waals surface area contributed by atoms with E-state index >= 15 is 0 Å². The van der Waals surface area contributed by atoms with E-state index in [-0.39, 0.29) is 0 Å². The predicted molar refractivity (Wildman–Crippen MR) is 234 cm³/mol. The van der Waals surface area contributed by atoms with Crippen molar-refractivity contribution in [3.8, 4) is 45.0 Å². The minimum absolute atomic E-state index is 0.708. The smallest absolute Gasteiger partial charge is 0.160 e. The number of aromatic nitrogens is 3. The SMILES string of the molecule is c1ccc(-c2cccc(-c3cc(-c4ccc5c(c4)c4cccc6c7cccc8c7c7c(cccc7c7ccccc7n5c64)C8)nc(-c4ccccc4)n3)c2)cc1. The summed E-state index contributed by atoms with van der Waals surface area (Å²) in [6.07, 6.45) is 0.958. The first-order valence-corrected chi connectivity index (χ1v) is 19.3. The second-order valence-corrected chi connectivity index (χ2v) is 14.9. The first-order valence-electron chi connectivity index (χ1n) is 19.3. The van der Waals surface area contributed by atoms with E-state index in [9.17, 15) is 0 Å². The van der Waals surface area contributed by atoms with Gasteiger partial charge in [-0.15, -0.1) is 0 Å². The van der Waals surface area contributed by atoms with Crippen LogP contribution in [0.25, 0.3) is 105 Å². The van der Waals surface area contributed by atoms with Crippen LogP contribution >= 0.6 is 0 Å². The summed E-state index contributed by atoms with van der Waals surface area (Å²) in [6.45, 7) is 0. The van der Waals surface area contributed by atoms with Crippen molar-refractivity contribution in [1.29, 1.82) is 0 Å². The van der Waals surface area contributed by atoms with Gasteiger partial charge in [0.1, 0.15) is 0 Å². The summed E-state index contributed by atoms with van der Waals surface area (Å²) in [4.78, 5) is 10.4. The average molecular weight is 712 g/mol. The Balaban J connectivity index is 1.16. The molecule has 3 heterocycles. The molecule has 0 radical (unpaired) electrons. The molecule has 0 unspecified atom stereocenters. The lowest BCUT2D eigenvalue weighted by Crippen LogP contribution is -1.96. The topological polar surface area (TPSA) is 30.2 Å². The Bertz CT molecular complexity index is 3430. The molecule has 11 aromatic rings. The molecule has 1 aliphatic rings. The summed E-state index contributed by atoms with van der Waals surface area (Å²) >= 11 is 0. The number of nitrogens with zero attached hydrogens (tertiary/aromatic N) is 3. The lowest BCUT2D eigenvalue weighted by atomic mass is 9.99. The molecule has 0 spiro atoms. The van der Waals surface area contributed by atoms with Crippen molar-refractivity contribution in [2.24, 2.45) is 0 Å². The van der Waals surface area contributed by atoms with Crippen LogP contribution in [-0.4, -0.2) is 14.4 Å². The van der Waals surface area contributed by atoms with Gasteiger partial charge >= 0.3 is 0 Å². The van der Waals surface area contributed by atoms with Crippen molar-refractivity contribution < 1.29 is 0 Å². The van der Waals surface area contributed by atoms with Crippen LogP contribution in [0.15, 0.2) is 188 Å². The van der Waals surface area contributed by atoms with Crippen LogP contribution in [0.3, 0.4) is 0 Å². The van der Waals surface area contributed by atoms with Crippen LogP contribution in [0.1, 0.15) is 11.1 Å². The van der Waals surface area contributed by atoms with Gasteiger partial charge in [0.2, 0.25) is 0 Å². The third-order valence-corrected chi connectivity index (χ3v) is 11.8. The minimum atomic E-state index is 0.708. The first-order chi connectivity index (χ1) is 27.8. The summed E-state index contributed by atoms with van der Waals surface area (Å²) in [7, 11) is 0. The van der Waals surface area contributed by atoms with E-state index in [1.54, 1.807) is 0 Å². The third-order valence-electron chi connectivity index (χ3n) is 11.8. The molecule has 0 aliphatic heterocycles. The Morgan fingerprint density at radius 3 is 1.61 bits per heavy atom. The Kier molecular flexibility index (Phi) is 6.69. The second-order valence-electron chi connectivity index (χ2n) is 14.9. The van der Waals surface area contributed by atoms with Crippen LogP contribution in [-0.2, 0) is 6.42 Å². The zero-order valence-electron chi connectivity index (χ0n) is 30.4. The van der Waals surface area contributed by atoms with Crippen molar-refractivity contribution in [2.45, 2.75) is 6.42 Å². The number of benzene rings is 8. The van der Waals surface area contributed by atoms with Gasteiger partial charge in [0.05, 0.1) is 27.9 Å². The number of rotatable bonds is 4. The molecule has 3 aromatic heterocycles. The Labute approximate surface area is 323 Å². The summed E-state index contributed by atoms with van der Waals surface area (Å²) < 4.78 is 2.51. The molecule has 0 amide bonds. The summed E-state index contributed by atoms with van der Waals surface area (Å²) in [5.41, 5.74) is 13.6. The molecule has 8 aromatic carbocycles. The van der Waals surface area contributed by atoms with Gasteiger partial charge in [-0.2, -0.15) is 0 Å². The molecule has 12 rings (SSSR count). The van der Waals surface area contributed by atoms with Gasteiger partial charge in [-0.1, -0.05) is 158 Å². The molecule has 260 valence electrons. The maximum absolute atomic E-state index is 5.25. The molecule has 0 atom stereocenters. The highest BCUT2D eigenvalue weighted by Crippen LogP contribution is 2.44. The molecule has 0 N–H and O–H groups in total. The number of hydrogen-bond acceptors (Lipinski definition) is 2. The largest absolute Gasteiger partial charge is 0.308 e. The number of para-hydroxylation sites is 2. The van der Waals surface area contributed by atoms with Crippen LogP contribution < -0.4 is 0 Å².